The second kappa shape index (κ2) is 7.53. The second-order valence-corrected chi connectivity index (χ2v) is 9.12. The summed E-state index contributed by atoms with van der Waals surface area (Å²) in [5, 5.41) is 0. The SMILES string of the molecule is C=C1CC(c2ccc(NS(=C)(C)=O)cc2)c2ccccc2C1=NC(C)=NC. The van der Waals surface area contributed by atoms with Crippen LogP contribution in [0.25, 0.3) is 0 Å². The van der Waals surface area contributed by atoms with Gasteiger partial charge in [0, 0.05) is 40.2 Å². The van der Waals surface area contributed by atoms with Gasteiger partial charge in [0.05, 0.1) is 5.71 Å². The third-order valence-electron chi connectivity index (χ3n) is 4.62. The van der Waals surface area contributed by atoms with Crippen LogP contribution in [-0.2, 0) is 9.71 Å². The number of rotatable bonds is 3. The second-order valence-electron chi connectivity index (χ2n) is 6.91. The average molecular weight is 380 g/mol. The van der Waals surface area contributed by atoms with Crippen LogP contribution in [0.15, 0.2) is 70.7 Å². The molecule has 0 fully saturated rings. The van der Waals surface area contributed by atoms with Crippen LogP contribution in [0.5, 0.6) is 0 Å². The molecule has 0 saturated heterocycles. The van der Waals surface area contributed by atoms with Crippen molar-refractivity contribution in [3.8, 4) is 0 Å². The summed E-state index contributed by atoms with van der Waals surface area (Å²) in [7, 11) is -0.539. The summed E-state index contributed by atoms with van der Waals surface area (Å²) in [6, 6.07) is 16.4. The highest BCUT2D eigenvalue weighted by Crippen LogP contribution is 2.39. The summed E-state index contributed by atoms with van der Waals surface area (Å²) in [4.78, 5) is 8.84. The van der Waals surface area contributed by atoms with Crippen molar-refractivity contribution in [3.05, 3.63) is 77.4 Å². The van der Waals surface area contributed by atoms with Crippen molar-refractivity contribution in [1.82, 2.24) is 0 Å². The normalized spacial score (nSPS) is 20.9. The summed E-state index contributed by atoms with van der Waals surface area (Å²) in [5.74, 6) is 4.59. The van der Waals surface area contributed by atoms with Gasteiger partial charge in [-0.2, -0.15) is 0 Å². The molecule has 2 unspecified atom stereocenters. The number of aliphatic imine (C=N–C) groups is 2. The molecule has 2 atom stereocenters. The molecule has 0 spiro atoms. The fourth-order valence-electron chi connectivity index (χ4n) is 3.34. The van der Waals surface area contributed by atoms with Gasteiger partial charge in [0.25, 0.3) is 0 Å². The largest absolute Gasteiger partial charge is 0.313 e. The summed E-state index contributed by atoms with van der Waals surface area (Å²) in [5.41, 5.74) is 6.29. The Morgan fingerprint density at radius 1 is 1.19 bits per heavy atom. The Morgan fingerprint density at radius 3 is 2.48 bits per heavy atom. The van der Waals surface area contributed by atoms with E-state index in [4.69, 9.17) is 0 Å². The molecule has 4 nitrogen and oxygen atoms in total. The number of amidine groups is 1. The Balaban J connectivity index is 2.01. The molecular weight excluding hydrogens is 354 g/mol. The summed E-state index contributed by atoms with van der Waals surface area (Å²) in [6.07, 6.45) is 2.39. The van der Waals surface area contributed by atoms with Gasteiger partial charge < -0.3 is 4.72 Å². The molecule has 1 aliphatic carbocycles. The van der Waals surface area contributed by atoms with Crippen LogP contribution in [0, 0.1) is 0 Å². The number of nitrogens with one attached hydrogen (secondary N) is 1. The van der Waals surface area contributed by atoms with E-state index in [9.17, 15) is 4.21 Å². The molecular formula is C22H25N3OS. The Bertz CT molecular complexity index is 1030. The molecule has 0 aromatic heterocycles. The summed E-state index contributed by atoms with van der Waals surface area (Å²) in [6.45, 7) is 6.18. The van der Waals surface area contributed by atoms with Gasteiger partial charge in [-0.1, -0.05) is 43.0 Å². The van der Waals surface area contributed by atoms with E-state index < -0.39 is 9.71 Å². The molecule has 1 aliphatic rings. The number of hydrogen-bond donors (Lipinski definition) is 1. The minimum absolute atomic E-state index is 0.214. The minimum Gasteiger partial charge on any atom is -0.313 e. The third-order valence-corrected chi connectivity index (χ3v) is 5.29. The molecule has 27 heavy (non-hydrogen) atoms. The zero-order valence-electron chi connectivity index (χ0n) is 16.0. The van der Waals surface area contributed by atoms with E-state index in [0.717, 1.165) is 34.8 Å². The van der Waals surface area contributed by atoms with E-state index >= 15 is 0 Å². The van der Waals surface area contributed by atoms with Gasteiger partial charge in [-0.3, -0.25) is 4.99 Å². The lowest BCUT2D eigenvalue weighted by atomic mass is 9.76. The number of allylic oxidation sites excluding steroid dienone is 1. The van der Waals surface area contributed by atoms with Crippen molar-refractivity contribution in [2.75, 3.05) is 18.0 Å². The molecule has 2 aromatic rings. The maximum absolute atomic E-state index is 11.8. The number of nitrogens with zero attached hydrogens (tertiary/aromatic N) is 2. The third kappa shape index (κ3) is 4.37. The van der Waals surface area contributed by atoms with Crippen LogP contribution in [0.2, 0.25) is 0 Å². The first-order valence-corrected chi connectivity index (χ1v) is 10.9. The monoisotopic (exact) mass is 379 g/mol. The molecule has 0 amide bonds. The van der Waals surface area contributed by atoms with E-state index in [0.29, 0.717) is 0 Å². The van der Waals surface area contributed by atoms with Crippen LogP contribution in [0.4, 0.5) is 5.69 Å². The first kappa shape index (κ1) is 19.1. The maximum atomic E-state index is 11.8. The summed E-state index contributed by atoms with van der Waals surface area (Å²) < 4.78 is 14.8. The molecule has 2 aromatic carbocycles. The number of benzene rings is 2. The predicted octanol–water partition coefficient (Wildman–Crippen LogP) is 4.29. The van der Waals surface area contributed by atoms with Crippen molar-refractivity contribution in [3.63, 3.8) is 0 Å². The minimum atomic E-state index is -2.28. The molecule has 0 aliphatic heterocycles. The van der Waals surface area contributed by atoms with Crippen molar-refractivity contribution >= 4 is 32.8 Å². The van der Waals surface area contributed by atoms with E-state index in [1.165, 1.54) is 11.1 Å². The Hall–Kier alpha value is -2.66. The van der Waals surface area contributed by atoms with Gasteiger partial charge in [-0.25, -0.2) is 9.20 Å². The fourth-order valence-corrected chi connectivity index (χ4v) is 3.98. The molecule has 0 radical (unpaired) electrons. The van der Waals surface area contributed by atoms with Gasteiger partial charge in [0.1, 0.15) is 5.84 Å². The highest BCUT2D eigenvalue weighted by atomic mass is 32.2. The molecule has 140 valence electrons. The van der Waals surface area contributed by atoms with Crippen LogP contribution < -0.4 is 4.72 Å². The molecule has 3 rings (SSSR count). The predicted molar refractivity (Wildman–Crippen MR) is 119 cm³/mol. The smallest absolute Gasteiger partial charge is 0.120 e. The standard InChI is InChI=1S/C22H25N3OS/c1-15-14-21(17-10-12-18(13-11-17)25-27(4,5)26)19-8-6-7-9-20(19)22(15)24-16(2)23-3/h6-13,21H,1,4,14H2,2-3,5H3,(H,25,26). The van der Waals surface area contributed by atoms with Gasteiger partial charge >= 0.3 is 0 Å². The van der Waals surface area contributed by atoms with Crippen LogP contribution in [0.1, 0.15) is 36.0 Å². The van der Waals surface area contributed by atoms with Gasteiger partial charge in [-0.15, -0.1) is 0 Å². The zero-order valence-corrected chi connectivity index (χ0v) is 16.8. The highest BCUT2D eigenvalue weighted by molar-refractivity contribution is 8.00. The van der Waals surface area contributed by atoms with Crippen molar-refractivity contribution in [2.45, 2.75) is 19.3 Å². The van der Waals surface area contributed by atoms with Crippen molar-refractivity contribution in [1.29, 1.82) is 0 Å². The molecule has 0 saturated carbocycles. The molecule has 0 heterocycles. The molecule has 0 bridgehead atoms. The van der Waals surface area contributed by atoms with Crippen LogP contribution in [-0.4, -0.2) is 34.9 Å². The Labute approximate surface area is 161 Å². The molecule has 5 heteroatoms. The van der Waals surface area contributed by atoms with Crippen LogP contribution >= 0.6 is 0 Å². The Morgan fingerprint density at radius 2 is 1.85 bits per heavy atom. The highest BCUT2D eigenvalue weighted by Gasteiger charge is 2.27. The maximum Gasteiger partial charge on any atom is 0.120 e. The lowest BCUT2D eigenvalue weighted by Crippen LogP contribution is -2.20. The summed E-state index contributed by atoms with van der Waals surface area (Å²) >= 11 is 0. The number of fused-ring (bicyclic) bond motifs is 1. The first-order chi connectivity index (χ1) is 12.8. The fraction of sp³-hybridized carbons (Fsp3) is 0.227. The lowest BCUT2D eigenvalue weighted by Gasteiger charge is -2.29. The number of anilines is 1. The van der Waals surface area contributed by atoms with E-state index in [1.54, 1.807) is 13.3 Å². The van der Waals surface area contributed by atoms with E-state index in [1.807, 2.05) is 25.1 Å². The molecule has 1 N–H and O–H groups in total. The topological polar surface area (TPSA) is 53.8 Å². The number of hydrogen-bond acceptors (Lipinski definition) is 2. The van der Waals surface area contributed by atoms with Crippen LogP contribution in [0.3, 0.4) is 0 Å². The van der Waals surface area contributed by atoms with Gasteiger partial charge in [-0.05, 0) is 48.0 Å². The zero-order chi connectivity index (χ0) is 19.6. The first-order valence-electron chi connectivity index (χ1n) is 8.78. The van der Waals surface area contributed by atoms with Crippen molar-refractivity contribution in [2.24, 2.45) is 9.98 Å². The quantitative estimate of drug-likeness (QED) is 0.483. The van der Waals surface area contributed by atoms with E-state index in [2.05, 4.69) is 57.5 Å². The van der Waals surface area contributed by atoms with Gasteiger partial charge in [0.2, 0.25) is 0 Å². The lowest BCUT2D eigenvalue weighted by molar-refractivity contribution is 0.688. The van der Waals surface area contributed by atoms with E-state index in [-0.39, 0.29) is 5.92 Å². The average Bonchev–Trinajstić information content (AvgIpc) is 2.63. The van der Waals surface area contributed by atoms with Crippen molar-refractivity contribution < 1.29 is 4.21 Å². The Kier molecular flexibility index (Phi) is 5.33. The van der Waals surface area contributed by atoms with Gasteiger partial charge in [0.15, 0.2) is 0 Å².